The summed E-state index contributed by atoms with van der Waals surface area (Å²) in [7, 11) is 0. The highest BCUT2D eigenvalue weighted by Gasteiger charge is 2.30. The summed E-state index contributed by atoms with van der Waals surface area (Å²) >= 11 is 0. The number of nitrogens with one attached hydrogen (secondary N) is 1. The van der Waals surface area contributed by atoms with E-state index in [-0.39, 0.29) is 25.4 Å². The van der Waals surface area contributed by atoms with E-state index in [0.717, 1.165) is 22.3 Å². The monoisotopic (exact) mass is 453 g/mol. The Balaban J connectivity index is 1.57. The van der Waals surface area contributed by atoms with Crippen LogP contribution in [0.25, 0.3) is 11.1 Å². The van der Waals surface area contributed by atoms with Gasteiger partial charge in [0.15, 0.2) is 0 Å². The van der Waals surface area contributed by atoms with E-state index in [2.05, 4.69) is 5.32 Å². The van der Waals surface area contributed by atoms with Gasteiger partial charge in [-0.25, -0.2) is 9.59 Å². The Labute approximate surface area is 194 Å². The molecule has 1 unspecified atom stereocenters. The summed E-state index contributed by atoms with van der Waals surface area (Å²) in [4.78, 5) is 36.2. The molecule has 176 valence electrons. The number of esters is 1. The molecule has 0 radical (unpaired) electrons. The highest BCUT2D eigenvalue weighted by Crippen LogP contribution is 2.44. The van der Waals surface area contributed by atoms with E-state index in [4.69, 9.17) is 9.47 Å². The van der Waals surface area contributed by atoms with Crippen LogP contribution in [0.3, 0.4) is 0 Å². The molecule has 7 nitrogen and oxygen atoms in total. The van der Waals surface area contributed by atoms with Crippen LogP contribution in [0.2, 0.25) is 0 Å². The maximum atomic E-state index is 12.4. The minimum atomic E-state index is -1.25. The first-order chi connectivity index (χ1) is 15.8. The number of hydrogen-bond donors (Lipinski definition) is 2. The molecule has 1 aliphatic rings. The number of ether oxygens (including phenoxy) is 2. The lowest BCUT2D eigenvalue weighted by Gasteiger charge is -2.27. The van der Waals surface area contributed by atoms with Crippen LogP contribution in [0, 0.1) is 0 Å². The molecular formula is C26H31NO6. The van der Waals surface area contributed by atoms with Gasteiger partial charge in [0.1, 0.15) is 18.2 Å². The number of amides is 1. The van der Waals surface area contributed by atoms with Crippen molar-refractivity contribution in [1.29, 1.82) is 0 Å². The highest BCUT2D eigenvalue weighted by atomic mass is 16.6. The van der Waals surface area contributed by atoms with Gasteiger partial charge in [-0.15, -0.1) is 0 Å². The Morgan fingerprint density at radius 2 is 1.55 bits per heavy atom. The van der Waals surface area contributed by atoms with Crippen LogP contribution in [0.15, 0.2) is 48.5 Å². The Bertz CT molecular complexity index is 968. The molecule has 0 fully saturated rings. The fourth-order valence-corrected chi connectivity index (χ4v) is 4.02. The first-order valence-corrected chi connectivity index (χ1v) is 11.3. The van der Waals surface area contributed by atoms with Crippen molar-refractivity contribution in [2.24, 2.45) is 0 Å². The molecule has 0 aliphatic heterocycles. The molecule has 0 saturated heterocycles. The summed E-state index contributed by atoms with van der Waals surface area (Å²) < 4.78 is 10.9. The van der Waals surface area contributed by atoms with Crippen molar-refractivity contribution >= 4 is 18.0 Å². The molecule has 0 heterocycles. The molecule has 1 aliphatic carbocycles. The molecule has 33 heavy (non-hydrogen) atoms. The number of carbonyl (C=O) groups excluding carboxylic acids is 2. The van der Waals surface area contributed by atoms with Crippen LogP contribution in [0.5, 0.6) is 0 Å². The lowest BCUT2D eigenvalue weighted by Crippen LogP contribution is -2.42. The van der Waals surface area contributed by atoms with E-state index in [1.807, 2.05) is 69.3 Å². The van der Waals surface area contributed by atoms with Crippen molar-refractivity contribution in [1.82, 2.24) is 5.32 Å². The number of alkyl carbamates (subject to hydrolysis) is 1. The predicted octanol–water partition coefficient (Wildman–Crippen LogP) is 4.88. The zero-order valence-electron chi connectivity index (χ0n) is 19.3. The number of benzene rings is 2. The van der Waals surface area contributed by atoms with Crippen LogP contribution in [-0.2, 0) is 19.1 Å². The summed E-state index contributed by atoms with van der Waals surface area (Å²) in [6.07, 6.45) is 0.299. The summed E-state index contributed by atoms with van der Waals surface area (Å²) in [5.41, 5.74) is 3.78. The summed E-state index contributed by atoms with van der Waals surface area (Å²) in [6.45, 7) is 5.78. The number of hydrogen-bond acceptors (Lipinski definition) is 5. The van der Waals surface area contributed by atoms with Crippen LogP contribution < -0.4 is 5.32 Å². The molecule has 2 aromatic rings. The second-order valence-electron chi connectivity index (χ2n) is 8.53. The molecule has 1 amide bonds. The first kappa shape index (κ1) is 24.3. The SMILES string of the molecule is CCC(C)(CC)OC(=O)CCC(NC(=O)OCC1c2ccccc2-c2ccccc21)C(=O)O. The normalized spacial score (nSPS) is 13.5. The molecule has 1 atom stereocenters. The number of carboxylic acid groups (broad SMARTS) is 1. The van der Waals surface area contributed by atoms with Crippen molar-refractivity contribution in [3.8, 4) is 11.1 Å². The van der Waals surface area contributed by atoms with Gasteiger partial charge < -0.3 is 19.9 Å². The van der Waals surface area contributed by atoms with Crippen LogP contribution in [0.4, 0.5) is 4.79 Å². The Morgan fingerprint density at radius 3 is 2.06 bits per heavy atom. The molecule has 7 heteroatoms. The molecule has 2 aromatic carbocycles. The lowest BCUT2D eigenvalue weighted by molar-refractivity contribution is -0.159. The van der Waals surface area contributed by atoms with Crippen molar-refractivity contribution in [3.63, 3.8) is 0 Å². The molecule has 0 bridgehead atoms. The zero-order chi connectivity index (χ0) is 24.0. The van der Waals surface area contributed by atoms with E-state index in [0.29, 0.717) is 12.8 Å². The standard InChI is InChI=1S/C26H31NO6/c1-4-26(3,5-2)33-23(28)15-14-22(24(29)30)27-25(31)32-16-21-19-12-8-6-10-17(19)18-11-7-9-13-20(18)21/h6-13,21-22H,4-5,14-16H2,1-3H3,(H,27,31)(H,29,30). The number of fused-ring (bicyclic) bond motifs is 3. The molecular weight excluding hydrogens is 422 g/mol. The van der Waals surface area contributed by atoms with Crippen molar-refractivity contribution in [2.75, 3.05) is 6.61 Å². The Kier molecular flexibility index (Phi) is 7.74. The summed E-state index contributed by atoms with van der Waals surface area (Å²) in [6, 6.07) is 14.7. The number of aliphatic carboxylic acids is 1. The van der Waals surface area contributed by atoms with Gasteiger partial charge in [0.25, 0.3) is 0 Å². The van der Waals surface area contributed by atoms with Gasteiger partial charge >= 0.3 is 18.0 Å². The molecule has 0 saturated carbocycles. The van der Waals surface area contributed by atoms with Gasteiger partial charge in [0.2, 0.25) is 0 Å². The highest BCUT2D eigenvalue weighted by molar-refractivity contribution is 5.81. The van der Waals surface area contributed by atoms with Crippen LogP contribution >= 0.6 is 0 Å². The fourth-order valence-electron chi connectivity index (χ4n) is 4.02. The van der Waals surface area contributed by atoms with E-state index in [1.54, 1.807) is 0 Å². The maximum absolute atomic E-state index is 12.4. The summed E-state index contributed by atoms with van der Waals surface area (Å²) in [5, 5.41) is 11.8. The third-order valence-electron chi connectivity index (χ3n) is 6.43. The molecule has 3 rings (SSSR count). The van der Waals surface area contributed by atoms with Gasteiger partial charge in [-0.2, -0.15) is 0 Å². The Hall–Kier alpha value is -3.35. The third-order valence-corrected chi connectivity index (χ3v) is 6.43. The minimum Gasteiger partial charge on any atom is -0.480 e. The van der Waals surface area contributed by atoms with Gasteiger partial charge in [-0.1, -0.05) is 62.4 Å². The van der Waals surface area contributed by atoms with E-state index in [9.17, 15) is 19.5 Å². The second kappa shape index (κ2) is 10.5. The second-order valence-corrected chi connectivity index (χ2v) is 8.53. The average Bonchev–Trinajstić information content (AvgIpc) is 3.13. The van der Waals surface area contributed by atoms with Crippen LogP contribution in [0.1, 0.15) is 63.5 Å². The summed E-state index contributed by atoms with van der Waals surface area (Å²) in [5.74, 6) is -1.84. The topological polar surface area (TPSA) is 102 Å². The van der Waals surface area contributed by atoms with Gasteiger partial charge in [-0.05, 0) is 48.4 Å². The van der Waals surface area contributed by atoms with Crippen molar-refractivity contribution in [3.05, 3.63) is 59.7 Å². The molecule has 2 N–H and O–H groups in total. The predicted molar refractivity (Wildman–Crippen MR) is 124 cm³/mol. The fraction of sp³-hybridized carbons (Fsp3) is 0.423. The Morgan fingerprint density at radius 1 is 1.00 bits per heavy atom. The van der Waals surface area contributed by atoms with Gasteiger partial charge in [-0.3, -0.25) is 4.79 Å². The largest absolute Gasteiger partial charge is 0.480 e. The molecule has 0 aromatic heterocycles. The number of carbonyl (C=O) groups is 3. The van der Waals surface area contributed by atoms with Gasteiger partial charge in [0, 0.05) is 12.3 Å². The number of rotatable bonds is 10. The number of carboxylic acids is 1. The third kappa shape index (κ3) is 5.72. The van der Waals surface area contributed by atoms with Crippen molar-refractivity contribution in [2.45, 2.75) is 64.0 Å². The van der Waals surface area contributed by atoms with Crippen LogP contribution in [-0.4, -0.2) is 41.4 Å². The maximum Gasteiger partial charge on any atom is 0.407 e. The van der Waals surface area contributed by atoms with E-state index in [1.165, 1.54) is 0 Å². The van der Waals surface area contributed by atoms with Crippen molar-refractivity contribution < 1.29 is 29.0 Å². The first-order valence-electron chi connectivity index (χ1n) is 11.3. The smallest absolute Gasteiger partial charge is 0.407 e. The molecule has 0 spiro atoms. The zero-order valence-corrected chi connectivity index (χ0v) is 19.3. The van der Waals surface area contributed by atoms with E-state index >= 15 is 0 Å². The quantitative estimate of drug-likeness (QED) is 0.497. The lowest BCUT2D eigenvalue weighted by atomic mass is 9.98. The van der Waals surface area contributed by atoms with Gasteiger partial charge in [0.05, 0.1) is 0 Å². The minimum absolute atomic E-state index is 0.0815. The average molecular weight is 454 g/mol. The van der Waals surface area contributed by atoms with E-state index < -0.39 is 29.7 Å².